The van der Waals surface area contributed by atoms with Crippen molar-refractivity contribution in [3.8, 4) is 5.75 Å². The number of hydrogen-bond donors (Lipinski definition) is 15. The number of nitrogens with zero attached hydrogens (tertiary/aromatic N) is 3. The standard InChI is InChI=1S/C60H79N17O12/c61-40(30-35-17-21-38(22-18-35)50(81)37-12-5-2-6-13-37)52(83)75-45(32-34-10-3-1-4-11-34)55(86)71-42(25-26-48(62)79)54(85)76-46(33-49(63)80)56(87)73-43(15-8-28-70-60(67)68)58(89)77-29-9-16-47(77)57(88)72-41(14-7-27-69-59(65)66)53(84)74-44(51(64)82)31-36-19-23-39(78)24-20-36/h1-6,10-13,17-24,40-47,78H,7-9,14-16,25-33,61H2,(H2,62,79)(H2,63,80)(H2,64,82)(H,71,86)(H,72,88)(H,73,87)(H,74,84)(H,75,83)(H,76,85)(H4,65,66,69)(H4,67,68,70)/t40-,41+,42+,43+,44+,45+,46+,47+/m1/s1. The quantitative estimate of drug-likeness (QED) is 0.00925. The number of likely N-dealkylation sites (tertiary alicyclic amines) is 1. The lowest BCUT2D eigenvalue weighted by Gasteiger charge is -2.31. The molecule has 10 amide bonds. The SMILES string of the molecule is NC(=O)CC[C@H](NC(=O)[C@H](Cc1ccccc1)NC(=O)[C@H](N)Cc1ccc(C(=O)c2ccccc2)cc1)C(=O)N[C@@H](CC(N)=O)C(=O)N[C@@H](CCCN=C(N)N)C(=O)N1CCC[C@H]1C(=O)N[C@@H](CCCN=C(N)N)C(=O)N[C@@H](Cc1ccc(O)cc1)C(N)=O. The summed E-state index contributed by atoms with van der Waals surface area (Å²) in [5.74, 6) is -9.89. The Morgan fingerprint density at radius 1 is 0.494 bits per heavy atom. The van der Waals surface area contributed by atoms with E-state index >= 15 is 0 Å². The topological polar surface area (TPSA) is 516 Å². The Balaban J connectivity index is 1.34. The summed E-state index contributed by atoms with van der Waals surface area (Å²) in [4.78, 5) is 159. The molecule has 0 aromatic heterocycles. The van der Waals surface area contributed by atoms with E-state index < -0.39 is 127 Å². The van der Waals surface area contributed by atoms with Crippen molar-refractivity contribution in [2.75, 3.05) is 19.6 Å². The number of amides is 10. The summed E-state index contributed by atoms with van der Waals surface area (Å²) in [6, 6.07) is 18.1. The third-order valence-corrected chi connectivity index (χ3v) is 14.3. The monoisotopic (exact) mass is 1230 g/mol. The lowest BCUT2D eigenvalue weighted by atomic mass is 9.99. The Morgan fingerprint density at radius 2 is 0.955 bits per heavy atom. The first kappa shape index (κ1) is 69.3. The Labute approximate surface area is 513 Å². The van der Waals surface area contributed by atoms with Gasteiger partial charge in [-0.15, -0.1) is 0 Å². The largest absolute Gasteiger partial charge is 0.508 e. The van der Waals surface area contributed by atoms with E-state index in [1.165, 1.54) is 29.2 Å². The fourth-order valence-electron chi connectivity index (χ4n) is 9.68. The molecule has 23 N–H and O–H groups in total. The molecule has 1 fully saturated rings. The zero-order valence-electron chi connectivity index (χ0n) is 49.0. The molecule has 0 unspecified atom stereocenters. The van der Waals surface area contributed by atoms with E-state index in [9.17, 15) is 57.8 Å². The van der Waals surface area contributed by atoms with Gasteiger partial charge in [0.2, 0.25) is 59.1 Å². The number of carbonyl (C=O) groups excluding carboxylic acids is 11. The molecular formula is C60H79N17O12. The fourth-order valence-corrected chi connectivity index (χ4v) is 9.68. The molecule has 476 valence electrons. The maximum Gasteiger partial charge on any atom is 0.245 e. The second kappa shape index (κ2) is 34.6. The summed E-state index contributed by atoms with van der Waals surface area (Å²) in [6.45, 7) is 0.00527. The van der Waals surface area contributed by atoms with Crippen LogP contribution in [0, 0.1) is 0 Å². The van der Waals surface area contributed by atoms with E-state index in [-0.39, 0.29) is 101 Å². The molecule has 0 radical (unpaired) electrons. The summed E-state index contributed by atoms with van der Waals surface area (Å²) in [7, 11) is 0. The summed E-state index contributed by atoms with van der Waals surface area (Å²) < 4.78 is 0. The number of nitrogens with two attached hydrogens (primary N) is 8. The highest BCUT2D eigenvalue weighted by molar-refractivity contribution is 6.09. The van der Waals surface area contributed by atoms with Crippen LogP contribution in [0.25, 0.3) is 0 Å². The Morgan fingerprint density at radius 3 is 1.53 bits per heavy atom. The van der Waals surface area contributed by atoms with Gasteiger partial charge in [0.15, 0.2) is 17.7 Å². The third kappa shape index (κ3) is 23.1. The van der Waals surface area contributed by atoms with Crippen LogP contribution in [-0.4, -0.2) is 155 Å². The molecule has 0 bridgehead atoms. The highest BCUT2D eigenvalue weighted by atomic mass is 16.3. The van der Waals surface area contributed by atoms with Gasteiger partial charge < -0.3 is 87.8 Å². The number of carbonyl (C=O) groups is 11. The Hall–Kier alpha value is -10.5. The molecule has 29 heteroatoms. The van der Waals surface area contributed by atoms with Crippen LogP contribution >= 0.6 is 0 Å². The molecule has 5 rings (SSSR count). The average Bonchev–Trinajstić information content (AvgIpc) is 2.80. The lowest BCUT2D eigenvalue weighted by molar-refractivity contribution is -0.143. The number of rotatable bonds is 35. The number of nitrogens with one attached hydrogen (secondary N) is 6. The van der Waals surface area contributed by atoms with Crippen LogP contribution in [-0.2, 0) is 67.2 Å². The maximum absolute atomic E-state index is 14.7. The van der Waals surface area contributed by atoms with Crippen LogP contribution in [0.4, 0.5) is 0 Å². The molecule has 0 saturated carbocycles. The molecule has 1 saturated heterocycles. The van der Waals surface area contributed by atoms with Gasteiger partial charge in [-0.25, -0.2) is 0 Å². The van der Waals surface area contributed by atoms with Gasteiger partial charge in [-0.1, -0.05) is 97.1 Å². The van der Waals surface area contributed by atoms with E-state index in [2.05, 4.69) is 41.9 Å². The van der Waals surface area contributed by atoms with Gasteiger partial charge >= 0.3 is 0 Å². The minimum absolute atomic E-state index is 0.00847. The van der Waals surface area contributed by atoms with Gasteiger partial charge in [0.25, 0.3) is 0 Å². The summed E-state index contributed by atoms with van der Waals surface area (Å²) >= 11 is 0. The molecule has 8 atom stereocenters. The van der Waals surface area contributed by atoms with Crippen LogP contribution < -0.4 is 77.8 Å². The van der Waals surface area contributed by atoms with Crippen LogP contribution in [0.5, 0.6) is 5.75 Å². The van der Waals surface area contributed by atoms with Crippen molar-refractivity contribution in [3.63, 3.8) is 0 Å². The number of aliphatic imine (C=N–C) groups is 2. The first-order valence-corrected chi connectivity index (χ1v) is 28.7. The smallest absolute Gasteiger partial charge is 0.245 e. The average molecular weight is 1230 g/mol. The summed E-state index contributed by atoms with van der Waals surface area (Å²) in [5.41, 5.74) is 47.9. The molecule has 4 aromatic rings. The van der Waals surface area contributed by atoms with Crippen molar-refractivity contribution in [2.24, 2.45) is 55.9 Å². The molecule has 1 aliphatic rings. The van der Waals surface area contributed by atoms with Gasteiger partial charge in [-0.05, 0) is 80.2 Å². The number of ketones is 1. The molecule has 29 nitrogen and oxygen atoms in total. The van der Waals surface area contributed by atoms with Crippen LogP contribution in [0.15, 0.2) is 119 Å². The Bertz CT molecular complexity index is 3180. The zero-order valence-corrected chi connectivity index (χ0v) is 49.0. The van der Waals surface area contributed by atoms with Gasteiger partial charge in [-0.2, -0.15) is 0 Å². The van der Waals surface area contributed by atoms with Crippen molar-refractivity contribution in [3.05, 3.63) is 137 Å². The van der Waals surface area contributed by atoms with E-state index in [0.29, 0.717) is 27.8 Å². The normalized spacial score (nSPS) is 14.9. The number of primary amides is 3. The van der Waals surface area contributed by atoms with Crippen molar-refractivity contribution >= 4 is 76.8 Å². The number of aromatic hydroxyl groups is 1. The van der Waals surface area contributed by atoms with Crippen molar-refractivity contribution in [1.29, 1.82) is 0 Å². The lowest BCUT2D eigenvalue weighted by Crippen LogP contribution is -2.60. The van der Waals surface area contributed by atoms with E-state index in [1.54, 1.807) is 84.9 Å². The first-order valence-electron chi connectivity index (χ1n) is 28.7. The van der Waals surface area contributed by atoms with Crippen LogP contribution in [0.3, 0.4) is 0 Å². The second-order valence-electron chi connectivity index (χ2n) is 21.3. The molecule has 1 heterocycles. The fraction of sp³-hybridized carbons (Fsp3) is 0.383. The van der Waals surface area contributed by atoms with E-state index in [4.69, 9.17) is 45.9 Å². The second-order valence-corrected chi connectivity index (χ2v) is 21.3. The molecule has 4 aromatic carbocycles. The van der Waals surface area contributed by atoms with Gasteiger partial charge in [0.05, 0.1) is 12.5 Å². The minimum atomic E-state index is -1.83. The number of guanidine groups is 2. The van der Waals surface area contributed by atoms with Crippen LogP contribution in [0.1, 0.15) is 90.4 Å². The molecule has 1 aliphatic heterocycles. The molecule has 0 spiro atoms. The third-order valence-electron chi connectivity index (χ3n) is 14.3. The predicted molar refractivity (Wildman–Crippen MR) is 328 cm³/mol. The molecule has 0 aliphatic carbocycles. The highest BCUT2D eigenvalue weighted by Crippen LogP contribution is 2.22. The number of hydrogen-bond acceptors (Lipinski definition) is 15. The van der Waals surface area contributed by atoms with Crippen molar-refractivity contribution in [1.82, 2.24) is 36.8 Å². The number of benzene rings is 4. The number of phenols is 1. The minimum Gasteiger partial charge on any atom is -0.508 e. The van der Waals surface area contributed by atoms with Gasteiger partial charge in [0.1, 0.15) is 48.0 Å². The Kier molecular flexibility index (Phi) is 27.0. The van der Waals surface area contributed by atoms with Gasteiger partial charge in [0, 0.05) is 50.0 Å². The summed E-state index contributed by atoms with van der Waals surface area (Å²) in [6.07, 6.45) is -1.60. The first-order chi connectivity index (χ1) is 42.4. The molecular weight excluding hydrogens is 1150 g/mol. The maximum atomic E-state index is 14.7. The van der Waals surface area contributed by atoms with Crippen molar-refractivity contribution < 1.29 is 57.8 Å². The highest BCUT2D eigenvalue weighted by Gasteiger charge is 2.40. The zero-order chi connectivity index (χ0) is 65.2. The molecule has 89 heavy (non-hydrogen) atoms. The van der Waals surface area contributed by atoms with Gasteiger partial charge in [-0.3, -0.25) is 62.7 Å². The van der Waals surface area contributed by atoms with Crippen LogP contribution in [0.2, 0.25) is 0 Å². The number of phenolic OH excluding ortho intramolecular Hbond substituents is 1. The van der Waals surface area contributed by atoms with E-state index in [0.717, 1.165) is 0 Å². The van der Waals surface area contributed by atoms with E-state index in [1.807, 2.05) is 0 Å². The van der Waals surface area contributed by atoms with Crippen molar-refractivity contribution in [2.45, 2.75) is 125 Å². The summed E-state index contributed by atoms with van der Waals surface area (Å²) in [5, 5.41) is 25.2. The predicted octanol–water partition coefficient (Wildman–Crippen LogP) is -3.39.